The fourth-order valence-electron chi connectivity index (χ4n) is 1.68. The molecule has 0 aliphatic rings. The Morgan fingerprint density at radius 2 is 2.00 bits per heavy atom. The van der Waals surface area contributed by atoms with Gasteiger partial charge >= 0.3 is 0 Å². The molecule has 1 aromatic carbocycles. The Morgan fingerprint density at radius 3 is 2.68 bits per heavy atom. The van der Waals surface area contributed by atoms with Crippen LogP contribution in [0.5, 0.6) is 0 Å². The molecule has 1 amide bonds. The first-order valence-corrected chi connectivity index (χ1v) is 6.57. The molecule has 0 unspecified atom stereocenters. The fraction of sp³-hybridized carbons (Fsp3) is 0.143. The lowest BCUT2D eigenvalue weighted by Crippen LogP contribution is -2.15. The first-order valence-electron chi connectivity index (χ1n) is 5.78. The molecule has 2 rings (SSSR count). The van der Waals surface area contributed by atoms with Gasteiger partial charge in [0.1, 0.15) is 5.82 Å². The van der Waals surface area contributed by atoms with Crippen LogP contribution in [0.15, 0.2) is 34.8 Å². The molecule has 0 bridgehead atoms. The number of aryl methyl sites for hydroxylation is 2. The normalized spacial score (nSPS) is 10.3. The highest BCUT2D eigenvalue weighted by atomic mass is 79.9. The number of benzene rings is 1. The summed E-state index contributed by atoms with van der Waals surface area (Å²) in [5.41, 5.74) is 8.52. The predicted octanol–water partition coefficient (Wildman–Crippen LogP) is 3.30. The lowest BCUT2D eigenvalue weighted by molar-refractivity contribution is 0.102. The number of hydrogen-bond acceptors (Lipinski definition) is 3. The zero-order chi connectivity index (χ0) is 14.0. The summed E-state index contributed by atoms with van der Waals surface area (Å²) >= 11 is 3.37. The van der Waals surface area contributed by atoms with Gasteiger partial charge in [-0.05, 0) is 59.6 Å². The molecule has 19 heavy (non-hydrogen) atoms. The summed E-state index contributed by atoms with van der Waals surface area (Å²) in [5.74, 6) is 0.312. The van der Waals surface area contributed by atoms with Gasteiger partial charge in [-0.1, -0.05) is 6.07 Å². The molecule has 0 saturated heterocycles. The fourth-order valence-corrected chi connectivity index (χ4v) is 1.90. The molecule has 5 heteroatoms. The molecule has 0 fully saturated rings. The van der Waals surface area contributed by atoms with E-state index in [9.17, 15) is 4.79 Å². The number of pyridine rings is 1. The second kappa shape index (κ2) is 5.40. The lowest BCUT2D eigenvalue weighted by Gasteiger charge is -2.09. The van der Waals surface area contributed by atoms with Crippen molar-refractivity contribution in [2.75, 3.05) is 11.1 Å². The van der Waals surface area contributed by atoms with Crippen molar-refractivity contribution in [1.29, 1.82) is 0 Å². The Labute approximate surface area is 120 Å². The van der Waals surface area contributed by atoms with Gasteiger partial charge in [0.2, 0.25) is 0 Å². The predicted molar refractivity (Wildman–Crippen MR) is 80.2 cm³/mol. The SMILES string of the molecule is Cc1ccc(N)cc1C(=O)Nc1ccc(Br)c(C)n1. The Balaban J connectivity index is 2.25. The summed E-state index contributed by atoms with van der Waals surface area (Å²) in [6, 6.07) is 8.86. The van der Waals surface area contributed by atoms with Crippen molar-refractivity contribution in [1.82, 2.24) is 4.98 Å². The van der Waals surface area contributed by atoms with Gasteiger partial charge in [0, 0.05) is 15.7 Å². The van der Waals surface area contributed by atoms with Gasteiger partial charge in [0.15, 0.2) is 0 Å². The van der Waals surface area contributed by atoms with Crippen LogP contribution >= 0.6 is 15.9 Å². The third kappa shape index (κ3) is 3.12. The Hall–Kier alpha value is -1.88. The first-order chi connectivity index (χ1) is 8.97. The van der Waals surface area contributed by atoms with Gasteiger partial charge in [-0.3, -0.25) is 4.79 Å². The minimum Gasteiger partial charge on any atom is -0.399 e. The highest BCUT2D eigenvalue weighted by Crippen LogP contribution is 2.18. The van der Waals surface area contributed by atoms with Crippen LogP contribution < -0.4 is 11.1 Å². The molecular formula is C14H14BrN3O. The van der Waals surface area contributed by atoms with Crippen molar-refractivity contribution >= 4 is 33.3 Å². The van der Waals surface area contributed by atoms with E-state index in [0.717, 1.165) is 15.7 Å². The highest BCUT2D eigenvalue weighted by Gasteiger charge is 2.10. The molecule has 0 aliphatic heterocycles. The van der Waals surface area contributed by atoms with E-state index in [4.69, 9.17) is 5.73 Å². The molecule has 1 aromatic heterocycles. The van der Waals surface area contributed by atoms with Gasteiger partial charge in [0.25, 0.3) is 5.91 Å². The number of aromatic nitrogens is 1. The van der Waals surface area contributed by atoms with Crippen LogP contribution in [-0.4, -0.2) is 10.9 Å². The van der Waals surface area contributed by atoms with E-state index < -0.39 is 0 Å². The quantitative estimate of drug-likeness (QED) is 0.834. The summed E-state index contributed by atoms with van der Waals surface area (Å²) in [7, 11) is 0. The van der Waals surface area contributed by atoms with Gasteiger partial charge in [-0.25, -0.2) is 4.98 Å². The number of anilines is 2. The van der Waals surface area contributed by atoms with Gasteiger partial charge < -0.3 is 11.1 Å². The standard InChI is InChI=1S/C14H14BrN3O/c1-8-3-4-10(16)7-11(8)14(19)18-13-6-5-12(15)9(2)17-13/h3-7H,16H2,1-2H3,(H,17,18,19). The number of rotatable bonds is 2. The van der Waals surface area contributed by atoms with E-state index in [1.54, 1.807) is 18.2 Å². The molecule has 0 saturated carbocycles. The third-order valence-corrected chi connectivity index (χ3v) is 3.61. The molecule has 0 aliphatic carbocycles. The average molecular weight is 320 g/mol. The zero-order valence-corrected chi connectivity index (χ0v) is 12.3. The maximum absolute atomic E-state index is 12.2. The number of carbonyl (C=O) groups is 1. The summed E-state index contributed by atoms with van der Waals surface area (Å²) < 4.78 is 0.908. The van der Waals surface area contributed by atoms with Gasteiger partial charge in [0.05, 0.1) is 5.69 Å². The van der Waals surface area contributed by atoms with Crippen LogP contribution in [0.2, 0.25) is 0 Å². The molecule has 0 atom stereocenters. The Morgan fingerprint density at radius 1 is 1.26 bits per heavy atom. The maximum atomic E-state index is 12.2. The van der Waals surface area contributed by atoms with Crippen molar-refractivity contribution in [3.8, 4) is 0 Å². The number of nitrogens with two attached hydrogens (primary N) is 1. The minimum atomic E-state index is -0.209. The van der Waals surface area contributed by atoms with Gasteiger partial charge in [-0.2, -0.15) is 0 Å². The second-order valence-electron chi connectivity index (χ2n) is 4.29. The number of hydrogen-bond donors (Lipinski definition) is 2. The Bertz CT molecular complexity index is 641. The molecule has 0 radical (unpaired) electrons. The highest BCUT2D eigenvalue weighted by molar-refractivity contribution is 9.10. The summed E-state index contributed by atoms with van der Waals surface area (Å²) in [6.45, 7) is 3.74. The number of carbonyl (C=O) groups excluding carboxylic acids is 1. The number of halogens is 1. The van der Waals surface area contributed by atoms with Crippen molar-refractivity contribution in [3.63, 3.8) is 0 Å². The molecule has 2 aromatic rings. The number of amides is 1. The van der Waals surface area contributed by atoms with Gasteiger partial charge in [-0.15, -0.1) is 0 Å². The first kappa shape index (κ1) is 13.5. The maximum Gasteiger partial charge on any atom is 0.257 e. The second-order valence-corrected chi connectivity index (χ2v) is 5.15. The average Bonchev–Trinajstić information content (AvgIpc) is 2.36. The molecule has 98 valence electrons. The topological polar surface area (TPSA) is 68.0 Å². The summed E-state index contributed by atoms with van der Waals surface area (Å²) in [4.78, 5) is 16.4. The van der Waals surface area contributed by atoms with Crippen LogP contribution in [0.25, 0.3) is 0 Å². The van der Waals surface area contributed by atoms with E-state index in [2.05, 4.69) is 26.2 Å². The molecule has 4 nitrogen and oxygen atoms in total. The largest absolute Gasteiger partial charge is 0.399 e. The number of nitrogens with zero attached hydrogens (tertiary/aromatic N) is 1. The van der Waals surface area contributed by atoms with Crippen molar-refractivity contribution in [2.24, 2.45) is 0 Å². The number of nitrogen functional groups attached to an aromatic ring is 1. The number of nitrogens with one attached hydrogen (secondary N) is 1. The van der Waals surface area contributed by atoms with E-state index in [0.29, 0.717) is 17.1 Å². The van der Waals surface area contributed by atoms with Crippen LogP contribution in [0.1, 0.15) is 21.6 Å². The van der Waals surface area contributed by atoms with Crippen molar-refractivity contribution in [2.45, 2.75) is 13.8 Å². The smallest absolute Gasteiger partial charge is 0.257 e. The van der Waals surface area contributed by atoms with Crippen molar-refractivity contribution in [3.05, 3.63) is 51.6 Å². The molecule has 3 N–H and O–H groups in total. The van der Waals surface area contributed by atoms with E-state index in [-0.39, 0.29) is 5.91 Å². The molecule has 1 heterocycles. The summed E-state index contributed by atoms with van der Waals surface area (Å²) in [5, 5.41) is 2.77. The molecular weight excluding hydrogens is 306 g/mol. The Kier molecular flexibility index (Phi) is 3.85. The van der Waals surface area contributed by atoms with Crippen molar-refractivity contribution < 1.29 is 4.79 Å². The monoisotopic (exact) mass is 319 g/mol. The lowest BCUT2D eigenvalue weighted by atomic mass is 10.1. The van der Waals surface area contributed by atoms with Crippen LogP contribution in [0.4, 0.5) is 11.5 Å². The van der Waals surface area contributed by atoms with Crippen LogP contribution in [-0.2, 0) is 0 Å². The van der Waals surface area contributed by atoms with E-state index in [1.165, 1.54) is 0 Å². The third-order valence-electron chi connectivity index (χ3n) is 2.77. The van der Waals surface area contributed by atoms with E-state index in [1.807, 2.05) is 26.0 Å². The van der Waals surface area contributed by atoms with Crippen LogP contribution in [0.3, 0.4) is 0 Å². The van der Waals surface area contributed by atoms with Crippen LogP contribution in [0, 0.1) is 13.8 Å². The molecule has 0 spiro atoms. The van der Waals surface area contributed by atoms with E-state index >= 15 is 0 Å². The minimum absolute atomic E-state index is 0.209. The zero-order valence-electron chi connectivity index (χ0n) is 10.7. The summed E-state index contributed by atoms with van der Waals surface area (Å²) in [6.07, 6.45) is 0.